The van der Waals surface area contributed by atoms with E-state index in [1.165, 1.54) is 12.1 Å². The summed E-state index contributed by atoms with van der Waals surface area (Å²) in [5.41, 5.74) is 1.59. The van der Waals surface area contributed by atoms with Gasteiger partial charge in [0.25, 0.3) is 5.91 Å². The van der Waals surface area contributed by atoms with Crippen LogP contribution in [0.2, 0.25) is 10.0 Å². The third-order valence-corrected chi connectivity index (χ3v) is 7.45. The van der Waals surface area contributed by atoms with Crippen molar-refractivity contribution in [3.63, 3.8) is 0 Å². The number of rotatable bonds is 9. The van der Waals surface area contributed by atoms with Gasteiger partial charge >= 0.3 is 0 Å². The Labute approximate surface area is 215 Å². The predicted octanol–water partition coefficient (Wildman–Crippen LogP) is 5.38. The summed E-state index contributed by atoms with van der Waals surface area (Å²) in [6, 6.07) is 8.27. The maximum absolute atomic E-state index is 14.6. The van der Waals surface area contributed by atoms with Crippen LogP contribution in [0, 0.1) is 11.7 Å². The molecule has 0 aromatic heterocycles. The van der Waals surface area contributed by atoms with Crippen LogP contribution in [0.15, 0.2) is 30.3 Å². The lowest BCUT2D eigenvalue weighted by molar-refractivity contribution is 0.0977. The Morgan fingerprint density at radius 1 is 1.09 bits per heavy atom. The second-order valence-electron chi connectivity index (χ2n) is 9.48. The number of benzene rings is 2. The first-order chi connectivity index (χ1) is 16.6. The molecule has 2 fully saturated rings. The number of halogens is 3. The zero-order chi connectivity index (χ0) is 25.2. The molecule has 2 aromatic rings. The number of hydrogen-bond acceptors (Lipinski definition) is 5. The zero-order valence-corrected chi connectivity index (χ0v) is 21.9. The number of hydrogen-bond donors (Lipinski definition) is 1. The van der Waals surface area contributed by atoms with Gasteiger partial charge in [-0.1, -0.05) is 23.2 Å². The summed E-state index contributed by atoms with van der Waals surface area (Å²) in [5, 5.41) is 1.29. The van der Waals surface area contributed by atoms with Gasteiger partial charge < -0.3 is 4.74 Å². The summed E-state index contributed by atoms with van der Waals surface area (Å²) in [4.78, 5) is 14.6. The van der Waals surface area contributed by atoms with Crippen LogP contribution in [0.5, 0.6) is 5.75 Å². The van der Waals surface area contributed by atoms with Gasteiger partial charge in [0.1, 0.15) is 11.6 Å². The van der Waals surface area contributed by atoms with E-state index in [2.05, 4.69) is 4.90 Å². The van der Waals surface area contributed by atoms with Crippen molar-refractivity contribution in [2.24, 2.45) is 5.92 Å². The van der Waals surface area contributed by atoms with Crippen molar-refractivity contribution in [1.82, 2.24) is 9.62 Å². The number of amides is 1. The molecule has 0 bridgehead atoms. The lowest BCUT2D eigenvalue weighted by Gasteiger charge is -2.32. The largest absolute Gasteiger partial charge is 0.493 e. The Morgan fingerprint density at radius 3 is 2.34 bits per heavy atom. The van der Waals surface area contributed by atoms with Crippen LogP contribution in [0.1, 0.15) is 59.5 Å². The summed E-state index contributed by atoms with van der Waals surface area (Å²) < 4.78 is 45.2. The molecule has 2 aromatic carbocycles. The van der Waals surface area contributed by atoms with Crippen molar-refractivity contribution in [3.05, 3.63) is 62.9 Å². The molecule has 0 atom stereocenters. The van der Waals surface area contributed by atoms with E-state index in [1.54, 1.807) is 6.07 Å². The first kappa shape index (κ1) is 26.2. The molecule has 35 heavy (non-hydrogen) atoms. The van der Waals surface area contributed by atoms with Crippen molar-refractivity contribution in [2.75, 3.05) is 26.0 Å². The second kappa shape index (κ2) is 11.0. The quantitative estimate of drug-likeness (QED) is 0.460. The molecule has 4 rings (SSSR count). The number of carbonyl (C=O) groups is 1. The SMILES string of the molecule is CS(=O)(=O)NC(=O)c1cc(C2CC2)c(OCCC2CCN(Cc3cc(Cl)cc(Cl)c3)CC2)cc1F. The van der Waals surface area contributed by atoms with E-state index in [0.29, 0.717) is 28.3 Å². The van der Waals surface area contributed by atoms with E-state index in [4.69, 9.17) is 27.9 Å². The second-order valence-corrected chi connectivity index (χ2v) is 12.1. The Kier molecular flexibility index (Phi) is 8.26. The Balaban J connectivity index is 1.30. The highest BCUT2D eigenvalue weighted by atomic mass is 35.5. The predicted molar refractivity (Wildman–Crippen MR) is 135 cm³/mol. The lowest BCUT2D eigenvalue weighted by Crippen LogP contribution is -2.33. The van der Waals surface area contributed by atoms with Gasteiger partial charge in [-0.25, -0.2) is 17.5 Å². The fourth-order valence-electron chi connectivity index (χ4n) is 4.54. The van der Waals surface area contributed by atoms with Gasteiger partial charge in [0.05, 0.1) is 18.4 Å². The fourth-order valence-corrected chi connectivity index (χ4v) is 5.55. The van der Waals surface area contributed by atoms with Gasteiger partial charge in [-0.2, -0.15) is 0 Å². The summed E-state index contributed by atoms with van der Waals surface area (Å²) in [5.74, 6) is -0.594. The maximum Gasteiger partial charge on any atom is 0.267 e. The molecular formula is C25H29Cl2FN2O4S. The molecule has 10 heteroatoms. The highest BCUT2D eigenvalue weighted by Crippen LogP contribution is 2.45. The molecule has 1 heterocycles. The number of nitrogens with zero attached hydrogens (tertiary/aromatic N) is 1. The minimum absolute atomic E-state index is 0.207. The molecule has 1 aliphatic carbocycles. The fraction of sp³-hybridized carbons (Fsp3) is 0.480. The number of sulfonamides is 1. The molecule has 2 aliphatic rings. The molecule has 1 N–H and O–H groups in total. The van der Waals surface area contributed by atoms with Crippen LogP contribution in [0.25, 0.3) is 0 Å². The Bertz CT molecular complexity index is 1180. The van der Waals surface area contributed by atoms with Gasteiger partial charge in [0.15, 0.2) is 0 Å². The van der Waals surface area contributed by atoms with Gasteiger partial charge in [-0.15, -0.1) is 0 Å². The number of piperidine rings is 1. The number of likely N-dealkylation sites (tertiary alicyclic amines) is 1. The molecule has 0 spiro atoms. The number of nitrogens with one attached hydrogen (secondary N) is 1. The smallest absolute Gasteiger partial charge is 0.267 e. The molecule has 1 aliphatic heterocycles. The van der Waals surface area contributed by atoms with Crippen molar-refractivity contribution in [3.8, 4) is 5.75 Å². The number of ether oxygens (including phenoxy) is 1. The van der Waals surface area contributed by atoms with Crippen molar-refractivity contribution >= 4 is 39.1 Å². The third-order valence-electron chi connectivity index (χ3n) is 6.46. The first-order valence-corrected chi connectivity index (χ1v) is 14.4. The van der Waals surface area contributed by atoms with E-state index in [-0.39, 0.29) is 11.5 Å². The van der Waals surface area contributed by atoms with E-state index in [0.717, 1.165) is 69.1 Å². The van der Waals surface area contributed by atoms with Gasteiger partial charge in [-0.3, -0.25) is 9.69 Å². The van der Waals surface area contributed by atoms with Gasteiger partial charge in [-0.05, 0) is 92.4 Å². The van der Waals surface area contributed by atoms with E-state index < -0.39 is 21.7 Å². The maximum atomic E-state index is 14.6. The summed E-state index contributed by atoms with van der Waals surface area (Å²) in [6.45, 7) is 3.22. The van der Waals surface area contributed by atoms with E-state index in [9.17, 15) is 17.6 Å². The van der Waals surface area contributed by atoms with Crippen molar-refractivity contribution in [2.45, 2.75) is 44.6 Å². The molecule has 190 valence electrons. The van der Waals surface area contributed by atoms with Crippen LogP contribution >= 0.6 is 23.2 Å². The van der Waals surface area contributed by atoms with Crippen molar-refractivity contribution < 1.29 is 22.3 Å². The minimum Gasteiger partial charge on any atom is -0.493 e. The minimum atomic E-state index is -3.78. The van der Waals surface area contributed by atoms with Crippen LogP contribution in [-0.4, -0.2) is 45.2 Å². The van der Waals surface area contributed by atoms with Crippen LogP contribution in [0.4, 0.5) is 4.39 Å². The zero-order valence-electron chi connectivity index (χ0n) is 19.5. The van der Waals surface area contributed by atoms with Crippen molar-refractivity contribution in [1.29, 1.82) is 0 Å². The van der Waals surface area contributed by atoms with Gasteiger partial charge in [0, 0.05) is 22.7 Å². The standard InChI is InChI=1S/C25H29Cl2FN2O4S/c1-35(32,33)29-25(31)22-13-21(18-2-3-18)24(14-23(22)28)34-9-6-16-4-7-30(8-5-16)15-17-10-19(26)12-20(27)11-17/h10-14,16,18H,2-9,15H2,1H3,(H,29,31). The molecule has 1 saturated carbocycles. The molecule has 6 nitrogen and oxygen atoms in total. The normalized spacial score (nSPS) is 17.4. The van der Waals surface area contributed by atoms with Crippen LogP contribution < -0.4 is 9.46 Å². The summed E-state index contributed by atoms with van der Waals surface area (Å²) >= 11 is 12.2. The van der Waals surface area contributed by atoms with E-state index >= 15 is 0 Å². The average Bonchev–Trinajstić information content (AvgIpc) is 3.58. The summed E-state index contributed by atoms with van der Waals surface area (Å²) in [6.07, 6.45) is 5.69. The average molecular weight is 543 g/mol. The number of carbonyl (C=O) groups excluding carboxylic acids is 1. The molecular weight excluding hydrogens is 514 g/mol. The molecule has 1 saturated heterocycles. The van der Waals surface area contributed by atoms with E-state index in [1.807, 2.05) is 16.9 Å². The van der Waals surface area contributed by atoms with Gasteiger partial charge in [0.2, 0.25) is 10.0 Å². The molecule has 0 radical (unpaired) electrons. The highest BCUT2D eigenvalue weighted by Gasteiger charge is 2.30. The monoisotopic (exact) mass is 542 g/mol. The lowest BCUT2D eigenvalue weighted by atomic mass is 9.93. The first-order valence-electron chi connectivity index (χ1n) is 11.7. The third kappa shape index (κ3) is 7.56. The molecule has 1 amide bonds. The topological polar surface area (TPSA) is 75.7 Å². The highest BCUT2D eigenvalue weighted by molar-refractivity contribution is 7.89. The van der Waals surface area contributed by atoms with Crippen LogP contribution in [-0.2, 0) is 16.6 Å². The Hall–Kier alpha value is -1.87. The Morgan fingerprint density at radius 2 is 1.74 bits per heavy atom. The summed E-state index contributed by atoms with van der Waals surface area (Å²) in [7, 11) is -3.78. The molecule has 0 unspecified atom stereocenters. The van der Waals surface area contributed by atoms with Crippen LogP contribution in [0.3, 0.4) is 0 Å².